The van der Waals surface area contributed by atoms with E-state index in [1.165, 1.54) is 11.3 Å². The molecule has 0 atom stereocenters. The molecule has 0 radical (unpaired) electrons. The number of nitrogens with zero attached hydrogens (tertiary/aromatic N) is 4. The lowest BCUT2D eigenvalue weighted by Gasteiger charge is -2.23. The molecular formula is C24H26ClN5S. The van der Waals surface area contributed by atoms with Crippen LogP contribution in [-0.2, 0) is 0 Å². The van der Waals surface area contributed by atoms with Crippen LogP contribution in [0.25, 0.3) is 16.9 Å². The zero-order chi connectivity index (χ0) is 21.8. The van der Waals surface area contributed by atoms with Gasteiger partial charge in [-0.1, -0.05) is 12.1 Å². The van der Waals surface area contributed by atoms with E-state index in [4.69, 9.17) is 16.6 Å². The van der Waals surface area contributed by atoms with E-state index in [0.717, 1.165) is 46.5 Å². The maximum atomic E-state index is 5.93. The van der Waals surface area contributed by atoms with Gasteiger partial charge in [-0.05, 0) is 56.7 Å². The van der Waals surface area contributed by atoms with E-state index in [-0.39, 0.29) is 0 Å². The molecule has 0 aliphatic carbocycles. The van der Waals surface area contributed by atoms with Crippen LogP contribution in [0.4, 0.5) is 16.5 Å². The largest absolute Gasteiger partial charge is 0.371 e. The van der Waals surface area contributed by atoms with Gasteiger partial charge >= 0.3 is 0 Å². The lowest BCUT2D eigenvalue weighted by molar-refractivity contribution is 0.869. The molecule has 0 spiro atoms. The summed E-state index contributed by atoms with van der Waals surface area (Å²) >= 11 is 7.54. The van der Waals surface area contributed by atoms with Gasteiger partial charge in [0.2, 0.25) is 0 Å². The van der Waals surface area contributed by atoms with E-state index in [9.17, 15) is 0 Å². The highest BCUT2D eigenvalue weighted by molar-refractivity contribution is 7.14. The van der Waals surface area contributed by atoms with Crippen LogP contribution in [0.1, 0.15) is 18.2 Å². The molecule has 0 bridgehead atoms. The van der Waals surface area contributed by atoms with Crippen molar-refractivity contribution < 1.29 is 0 Å². The SMILES string of the molecule is CCN(CCCl)c1ccc(Nc2nc(-c3ccc(-n4cnc(C)c4)cc3)cs2)c(C)c1. The molecule has 0 unspecified atom stereocenters. The Morgan fingerprint density at radius 1 is 1.13 bits per heavy atom. The molecule has 0 saturated carbocycles. The molecule has 2 heterocycles. The number of imidazole rings is 1. The Balaban J connectivity index is 1.48. The van der Waals surface area contributed by atoms with E-state index in [1.807, 2.05) is 24.0 Å². The Labute approximate surface area is 192 Å². The van der Waals surface area contributed by atoms with Crippen LogP contribution < -0.4 is 10.2 Å². The van der Waals surface area contributed by atoms with Crippen molar-refractivity contribution in [2.45, 2.75) is 20.8 Å². The van der Waals surface area contributed by atoms with Crippen molar-refractivity contribution >= 4 is 39.4 Å². The third-order valence-electron chi connectivity index (χ3n) is 5.23. The predicted molar refractivity (Wildman–Crippen MR) is 132 cm³/mol. The van der Waals surface area contributed by atoms with Gasteiger partial charge in [0.05, 0.1) is 17.7 Å². The highest BCUT2D eigenvalue weighted by atomic mass is 35.5. The minimum absolute atomic E-state index is 0.623. The molecule has 2 aromatic heterocycles. The smallest absolute Gasteiger partial charge is 0.187 e. The van der Waals surface area contributed by atoms with Crippen molar-refractivity contribution in [3.05, 3.63) is 71.6 Å². The van der Waals surface area contributed by atoms with Crippen molar-refractivity contribution in [1.29, 1.82) is 0 Å². The first-order valence-electron chi connectivity index (χ1n) is 10.3. The molecule has 2 aromatic carbocycles. The lowest BCUT2D eigenvalue weighted by Crippen LogP contribution is -2.24. The number of alkyl halides is 1. The van der Waals surface area contributed by atoms with Crippen LogP contribution in [0.15, 0.2) is 60.4 Å². The Bertz CT molecular complexity index is 1150. The minimum atomic E-state index is 0.623. The third kappa shape index (κ3) is 4.92. The number of nitrogens with one attached hydrogen (secondary N) is 1. The maximum Gasteiger partial charge on any atom is 0.187 e. The summed E-state index contributed by atoms with van der Waals surface area (Å²) in [7, 11) is 0. The number of hydrogen-bond acceptors (Lipinski definition) is 5. The quantitative estimate of drug-likeness (QED) is 0.314. The Morgan fingerprint density at radius 3 is 2.58 bits per heavy atom. The molecule has 0 aliphatic heterocycles. The number of thiazole rings is 1. The average molecular weight is 452 g/mol. The molecule has 4 aromatic rings. The summed E-state index contributed by atoms with van der Waals surface area (Å²) in [6.45, 7) is 8.04. The second-order valence-electron chi connectivity index (χ2n) is 7.40. The summed E-state index contributed by atoms with van der Waals surface area (Å²) in [5.74, 6) is 0.623. The topological polar surface area (TPSA) is 46.0 Å². The van der Waals surface area contributed by atoms with Gasteiger partial charge in [-0.25, -0.2) is 9.97 Å². The predicted octanol–water partition coefficient (Wildman–Crippen LogP) is 6.42. The van der Waals surface area contributed by atoms with E-state index in [2.05, 4.69) is 76.9 Å². The highest BCUT2D eigenvalue weighted by Crippen LogP contribution is 2.30. The third-order valence-corrected chi connectivity index (χ3v) is 6.16. The van der Waals surface area contributed by atoms with Gasteiger partial charge in [0, 0.05) is 53.2 Å². The van der Waals surface area contributed by atoms with E-state index in [1.54, 1.807) is 11.3 Å². The van der Waals surface area contributed by atoms with Gasteiger partial charge in [0.1, 0.15) is 0 Å². The first-order chi connectivity index (χ1) is 15.1. The Hall–Kier alpha value is -2.83. The molecule has 160 valence electrons. The molecule has 0 saturated heterocycles. The summed E-state index contributed by atoms with van der Waals surface area (Å²) in [4.78, 5) is 11.4. The van der Waals surface area contributed by atoms with Crippen LogP contribution in [0.3, 0.4) is 0 Å². The summed E-state index contributed by atoms with van der Waals surface area (Å²) in [6, 6.07) is 14.8. The second kappa shape index (κ2) is 9.54. The minimum Gasteiger partial charge on any atom is -0.371 e. The number of halogens is 1. The normalized spacial score (nSPS) is 11.0. The van der Waals surface area contributed by atoms with Crippen LogP contribution in [0, 0.1) is 13.8 Å². The van der Waals surface area contributed by atoms with Crippen LogP contribution in [0.2, 0.25) is 0 Å². The van der Waals surface area contributed by atoms with Gasteiger partial charge in [0.15, 0.2) is 5.13 Å². The number of aromatic nitrogens is 3. The first-order valence-corrected chi connectivity index (χ1v) is 11.7. The molecule has 1 N–H and O–H groups in total. The summed E-state index contributed by atoms with van der Waals surface area (Å²) in [5.41, 5.74) is 7.60. The van der Waals surface area contributed by atoms with Crippen molar-refractivity contribution in [1.82, 2.24) is 14.5 Å². The van der Waals surface area contributed by atoms with Crippen molar-refractivity contribution in [3.63, 3.8) is 0 Å². The fourth-order valence-electron chi connectivity index (χ4n) is 3.50. The van der Waals surface area contributed by atoms with Gasteiger partial charge in [-0.15, -0.1) is 22.9 Å². The molecule has 4 rings (SSSR count). The second-order valence-corrected chi connectivity index (χ2v) is 8.64. The van der Waals surface area contributed by atoms with Gasteiger partial charge in [0.25, 0.3) is 0 Å². The number of aryl methyl sites for hydroxylation is 2. The van der Waals surface area contributed by atoms with Crippen LogP contribution in [0.5, 0.6) is 0 Å². The van der Waals surface area contributed by atoms with Crippen molar-refractivity contribution in [2.24, 2.45) is 0 Å². The fourth-order valence-corrected chi connectivity index (χ4v) is 4.44. The zero-order valence-electron chi connectivity index (χ0n) is 18.0. The molecule has 0 fully saturated rings. The van der Waals surface area contributed by atoms with Gasteiger partial charge in [-0.3, -0.25) is 0 Å². The summed E-state index contributed by atoms with van der Waals surface area (Å²) in [6.07, 6.45) is 3.85. The Morgan fingerprint density at radius 2 is 1.94 bits per heavy atom. The van der Waals surface area contributed by atoms with Gasteiger partial charge in [-0.2, -0.15) is 0 Å². The molecule has 0 aliphatic rings. The Kier molecular flexibility index (Phi) is 6.59. The van der Waals surface area contributed by atoms with Crippen LogP contribution in [-0.4, -0.2) is 33.5 Å². The molecule has 0 amide bonds. The van der Waals surface area contributed by atoms with E-state index < -0.39 is 0 Å². The number of benzene rings is 2. The van der Waals surface area contributed by atoms with E-state index in [0.29, 0.717) is 5.88 Å². The van der Waals surface area contributed by atoms with Crippen LogP contribution >= 0.6 is 22.9 Å². The molecule has 5 nitrogen and oxygen atoms in total. The highest BCUT2D eigenvalue weighted by Gasteiger charge is 2.09. The number of hydrogen-bond donors (Lipinski definition) is 1. The lowest BCUT2D eigenvalue weighted by atomic mass is 10.1. The van der Waals surface area contributed by atoms with Gasteiger partial charge < -0.3 is 14.8 Å². The fraction of sp³-hybridized carbons (Fsp3) is 0.250. The monoisotopic (exact) mass is 451 g/mol. The molecular weight excluding hydrogens is 426 g/mol. The van der Waals surface area contributed by atoms with E-state index >= 15 is 0 Å². The summed E-state index contributed by atoms with van der Waals surface area (Å²) in [5, 5.41) is 6.44. The standard InChI is InChI=1S/C24H26ClN5S/c1-4-29(12-11-25)21-9-10-22(17(2)13-21)27-24-28-23(15-31-24)19-5-7-20(8-6-19)30-14-18(3)26-16-30/h5-10,13-16H,4,11-12H2,1-3H3,(H,27,28). The summed E-state index contributed by atoms with van der Waals surface area (Å²) < 4.78 is 2.02. The molecule has 7 heteroatoms. The molecule has 31 heavy (non-hydrogen) atoms. The first kappa shape index (κ1) is 21.4. The zero-order valence-corrected chi connectivity index (χ0v) is 19.5. The average Bonchev–Trinajstić information content (AvgIpc) is 3.43. The number of rotatable bonds is 8. The number of anilines is 3. The van der Waals surface area contributed by atoms with Crippen molar-refractivity contribution in [2.75, 3.05) is 29.2 Å². The maximum absolute atomic E-state index is 5.93. The van der Waals surface area contributed by atoms with Crippen molar-refractivity contribution in [3.8, 4) is 16.9 Å².